The smallest absolute Gasteiger partial charge is 0.328 e. The lowest BCUT2D eigenvalue weighted by Gasteiger charge is -2.07. The predicted molar refractivity (Wildman–Crippen MR) is 71.2 cm³/mol. The van der Waals surface area contributed by atoms with Gasteiger partial charge in [0.1, 0.15) is 5.82 Å². The van der Waals surface area contributed by atoms with E-state index in [0.717, 1.165) is 15.7 Å². The second kappa shape index (κ2) is 5.32. The predicted octanol–water partition coefficient (Wildman–Crippen LogP) is 2.18. The molecule has 0 saturated carbocycles. The molecule has 1 unspecified atom stereocenters. The van der Waals surface area contributed by atoms with Crippen LogP contribution in [0.3, 0.4) is 0 Å². The molecule has 0 radical (unpaired) electrons. The molecule has 6 heteroatoms. The van der Waals surface area contributed by atoms with Gasteiger partial charge in [-0.25, -0.2) is 4.98 Å². The molecule has 0 bridgehead atoms. The van der Waals surface area contributed by atoms with E-state index in [1.54, 1.807) is 13.2 Å². The van der Waals surface area contributed by atoms with Gasteiger partial charge in [-0.2, -0.15) is 0 Å². The highest BCUT2D eigenvalue weighted by atomic mass is 79.9. The Bertz CT molecular complexity index is 568. The molecule has 0 aliphatic carbocycles. The van der Waals surface area contributed by atoms with Crippen LogP contribution in [0.2, 0.25) is 0 Å². The van der Waals surface area contributed by atoms with Gasteiger partial charge in [-0.3, -0.25) is 4.79 Å². The summed E-state index contributed by atoms with van der Waals surface area (Å²) in [5, 5.41) is 11.7. The Morgan fingerprint density at radius 3 is 2.83 bits per heavy atom. The van der Waals surface area contributed by atoms with Crippen molar-refractivity contribution < 1.29 is 9.90 Å². The lowest BCUT2D eigenvalue weighted by Crippen LogP contribution is -2.26. The molecule has 18 heavy (non-hydrogen) atoms. The molecule has 1 aromatic heterocycles. The third-order valence-electron chi connectivity index (χ3n) is 2.57. The van der Waals surface area contributed by atoms with Crippen LogP contribution in [0.25, 0.3) is 11.3 Å². The van der Waals surface area contributed by atoms with Gasteiger partial charge in [-0.15, -0.1) is 0 Å². The van der Waals surface area contributed by atoms with Crippen molar-refractivity contribution in [2.45, 2.75) is 6.04 Å². The van der Waals surface area contributed by atoms with Gasteiger partial charge in [-0.05, 0) is 13.1 Å². The van der Waals surface area contributed by atoms with Crippen LogP contribution in [0.15, 0.2) is 34.9 Å². The average molecular weight is 310 g/mol. The topological polar surface area (TPSA) is 78.0 Å². The van der Waals surface area contributed by atoms with Crippen LogP contribution in [-0.4, -0.2) is 28.1 Å². The van der Waals surface area contributed by atoms with E-state index in [0.29, 0.717) is 5.82 Å². The molecule has 0 saturated heterocycles. The summed E-state index contributed by atoms with van der Waals surface area (Å²) in [6.07, 6.45) is 1.63. The largest absolute Gasteiger partial charge is 0.480 e. The zero-order valence-corrected chi connectivity index (χ0v) is 11.2. The Hall–Kier alpha value is -1.66. The van der Waals surface area contributed by atoms with Crippen LogP contribution < -0.4 is 5.32 Å². The number of aromatic nitrogens is 2. The minimum absolute atomic E-state index is 0.385. The van der Waals surface area contributed by atoms with Crippen LogP contribution in [0.1, 0.15) is 11.9 Å². The van der Waals surface area contributed by atoms with Crippen molar-refractivity contribution in [3.63, 3.8) is 0 Å². The van der Waals surface area contributed by atoms with E-state index in [1.807, 2.05) is 24.3 Å². The van der Waals surface area contributed by atoms with Gasteiger partial charge < -0.3 is 15.4 Å². The molecule has 0 aliphatic heterocycles. The van der Waals surface area contributed by atoms with Gasteiger partial charge in [-0.1, -0.05) is 34.1 Å². The van der Waals surface area contributed by atoms with Gasteiger partial charge in [0, 0.05) is 10.0 Å². The maximum absolute atomic E-state index is 11.0. The Morgan fingerprint density at radius 2 is 2.22 bits per heavy atom. The third kappa shape index (κ3) is 2.44. The molecule has 1 atom stereocenters. The molecule has 0 amide bonds. The van der Waals surface area contributed by atoms with E-state index in [4.69, 9.17) is 5.11 Å². The van der Waals surface area contributed by atoms with Crippen molar-refractivity contribution in [2.75, 3.05) is 7.05 Å². The van der Waals surface area contributed by atoms with Crippen LogP contribution in [0.5, 0.6) is 0 Å². The minimum Gasteiger partial charge on any atom is -0.480 e. The Kier molecular flexibility index (Phi) is 3.78. The van der Waals surface area contributed by atoms with Gasteiger partial charge in [0.15, 0.2) is 6.04 Å². The Balaban J connectivity index is 2.36. The maximum atomic E-state index is 11.0. The molecule has 3 N–H and O–H groups in total. The maximum Gasteiger partial charge on any atom is 0.328 e. The highest BCUT2D eigenvalue weighted by Gasteiger charge is 2.21. The van der Waals surface area contributed by atoms with E-state index in [-0.39, 0.29) is 0 Å². The second-order valence-electron chi connectivity index (χ2n) is 3.72. The Labute approximate surface area is 112 Å². The highest BCUT2D eigenvalue weighted by molar-refractivity contribution is 9.10. The number of hydrogen-bond acceptors (Lipinski definition) is 3. The first kappa shape index (κ1) is 12.8. The summed E-state index contributed by atoms with van der Waals surface area (Å²) >= 11 is 3.45. The summed E-state index contributed by atoms with van der Waals surface area (Å²) in [7, 11) is 1.58. The van der Waals surface area contributed by atoms with E-state index in [2.05, 4.69) is 31.2 Å². The number of carbonyl (C=O) groups is 1. The molecule has 1 heterocycles. The number of aliphatic carboxylic acids is 1. The SMILES string of the molecule is CNC(C(=O)O)c1ncc(-c2ccccc2Br)[nH]1. The summed E-state index contributed by atoms with van der Waals surface area (Å²) < 4.78 is 0.927. The molecule has 2 rings (SSSR count). The number of carboxylic acids is 1. The normalized spacial score (nSPS) is 12.3. The zero-order chi connectivity index (χ0) is 13.1. The van der Waals surface area contributed by atoms with E-state index >= 15 is 0 Å². The van der Waals surface area contributed by atoms with Crippen molar-refractivity contribution in [2.24, 2.45) is 0 Å². The van der Waals surface area contributed by atoms with Crippen LogP contribution in [0.4, 0.5) is 0 Å². The number of benzene rings is 1. The molecule has 0 fully saturated rings. The van der Waals surface area contributed by atoms with Crippen molar-refractivity contribution in [1.29, 1.82) is 0 Å². The molecular formula is C12H12BrN3O2. The molecule has 0 spiro atoms. The van der Waals surface area contributed by atoms with Crippen molar-refractivity contribution in [3.05, 3.63) is 40.8 Å². The molecule has 0 aliphatic rings. The quantitative estimate of drug-likeness (QED) is 0.809. The van der Waals surface area contributed by atoms with Gasteiger partial charge in [0.05, 0.1) is 11.9 Å². The number of nitrogens with one attached hydrogen (secondary N) is 2. The fourth-order valence-electron chi connectivity index (χ4n) is 1.68. The van der Waals surface area contributed by atoms with Gasteiger partial charge >= 0.3 is 5.97 Å². The molecular weight excluding hydrogens is 298 g/mol. The summed E-state index contributed by atoms with van der Waals surface area (Å²) in [5.41, 5.74) is 1.72. The first-order valence-corrected chi connectivity index (χ1v) is 6.12. The third-order valence-corrected chi connectivity index (χ3v) is 3.26. The number of imidazole rings is 1. The van der Waals surface area contributed by atoms with Crippen LogP contribution >= 0.6 is 15.9 Å². The van der Waals surface area contributed by atoms with Gasteiger partial charge in [0.25, 0.3) is 0 Å². The van der Waals surface area contributed by atoms with E-state index in [1.165, 1.54) is 0 Å². The molecule has 94 valence electrons. The Morgan fingerprint density at radius 1 is 1.50 bits per heavy atom. The zero-order valence-electron chi connectivity index (χ0n) is 9.64. The number of hydrogen-bond donors (Lipinski definition) is 3. The lowest BCUT2D eigenvalue weighted by molar-refractivity contribution is -0.139. The van der Waals surface area contributed by atoms with Gasteiger partial charge in [0.2, 0.25) is 0 Å². The standard InChI is InChI=1S/C12H12BrN3O2/c1-14-10(12(17)18)11-15-6-9(16-11)7-4-2-3-5-8(7)13/h2-6,10,14H,1H3,(H,15,16)(H,17,18). The number of H-pyrrole nitrogens is 1. The second-order valence-corrected chi connectivity index (χ2v) is 4.58. The number of nitrogens with zero attached hydrogens (tertiary/aromatic N) is 1. The number of rotatable bonds is 4. The number of carboxylic acid groups (broad SMARTS) is 1. The summed E-state index contributed by atoms with van der Waals surface area (Å²) in [6, 6.07) is 6.84. The monoisotopic (exact) mass is 309 g/mol. The number of likely N-dealkylation sites (N-methyl/N-ethyl adjacent to an activating group) is 1. The fraction of sp³-hybridized carbons (Fsp3) is 0.167. The average Bonchev–Trinajstić information content (AvgIpc) is 2.79. The van der Waals surface area contributed by atoms with Crippen LogP contribution in [0, 0.1) is 0 Å². The van der Waals surface area contributed by atoms with Crippen LogP contribution in [-0.2, 0) is 4.79 Å². The minimum atomic E-state index is -0.967. The van der Waals surface area contributed by atoms with E-state index < -0.39 is 12.0 Å². The lowest BCUT2D eigenvalue weighted by atomic mass is 10.2. The first-order valence-electron chi connectivity index (χ1n) is 5.33. The highest BCUT2D eigenvalue weighted by Crippen LogP contribution is 2.27. The van der Waals surface area contributed by atoms with Crippen molar-refractivity contribution in [1.82, 2.24) is 15.3 Å². The first-order chi connectivity index (χ1) is 8.63. The number of halogens is 1. The fourth-order valence-corrected chi connectivity index (χ4v) is 2.18. The van der Waals surface area contributed by atoms with E-state index in [9.17, 15) is 4.79 Å². The van der Waals surface area contributed by atoms with Crippen molar-refractivity contribution >= 4 is 21.9 Å². The summed E-state index contributed by atoms with van der Waals surface area (Å²) in [4.78, 5) is 18.1. The number of aromatic amines is 1. The summed E-state index contributed by atoms with van der Waals surface area (Å²) in [6.45, 7) is 0. The molecule has 5 nitrogen and oxygen atoms in total. The molecule has 1 aromatic carbocycles. The molecule has 2 aromatic rings. The van der Waals surface area contributed by atoms with Crippen molar-refractivity contribution in [3.8, 4) is 11.3 Å². The summed E-state index contributed by atoms with van der Waals surface area (Å²) in [5.74, 6) is -0.582.